The van der Waals surface area contributed by atoms with Crippen LogP contribution in [0.15, 0.2) is 58.7 Å². The van der Waals surface area contributed by atoms with Gasteiger partial charge in [-0.1, -0.05) is 41.9 Å². The van der Waals surface area contributed by atoms with Gasteiger partial charge in [0.1, 0.15) is 22.9 Å². The first-order valence-electron chi connectivity index (χ1n) is 17.2. The van der Waals surface area contributed by atoms with Crippen LogP contribution in [0.4, 0.5) is 14.9 Å². The maximum Gasteiger partial charge on any atom is 0.511 e. The Morgan fingerprint density at radius 1 is 1.08 bits per heavy atom. The lowest BCUT2D eigenvalue weighted by molar-refractivity contribution is -0.150. The normalized spacial score (nSPS) is 24.4. The van der Waals surface area contributed by atoms with E-state index in [0.717, 1.165) is 37.3 Å². The van der Waals surface area contributed by atoms with E-state index in [0.29, 0.717) is 43.0 Å². The molecule has 1 aliphatic carbocycles. The van der Waals surface area contributed by atoms with Crippen molar-refractivity contribution in [2.24, 2.45) is 5.92 Å². The predicted octanol–water partition coefficient (Wildman–Crippen LogP) is 4.07. The lowest BCUT2D eigenvalue weighted by Gasteiger charge is -2.50. The van der Waals surface area contributed by atoms with Gasteiger partial charge in [-0.25, -0.2) is 14.0 Å². The second-order valence-electron chi connectivity index (χ2n) is 14.0. The molecule has 0 radical (unpaired) electrons. The monoisotopic (exact) mass is 751 g/mol. The van der Waals surface area contributed by atoms with Gasteiger partial charge in [-0.2, -0.15) is 0 Å². The summed E-state index contributed by atoms with van der Waals surface area (Å²) in [5.41, 5.74) is 1.10. The van der Waals surface area contributed by atoms with Crippen molar-refractivity contribution in [3.63, 3.8) is 0 Å². The number of nitrogens with zero attached hydrogens (tertiary/aromatic N) is 4. The average molecular weight is 752 g/mol. The molecule has 5 heterocycles. The van der Waals surface area contributed by atoms with Gasteiger partial charge in [-0.15, -0.1) is 11.8 Å². The minimum absolute atomic E-state index is 0.0319. The quantitative estimate of drug-likeness (QED) is 0.214. The molecule has 272 valence electrons. The van der Waals surface area contributed by atoms with Gasteiger partial charge in [0, 0.05) is 37.5 Å². The number of rotatable bonds is 9. The van der Waals surface area contributed by atoms with Crippen LogP contribution >= 0.6 is 23.4 Å². The van der Waals surface area contributed by atoms with Gasteiger partial charge in [-0.3, -0.25) is 24.2 Å². The number of hydrogen-bond donors (Lipinski definition) is 3. The molecule has 0 bridgehead atoms. The number of β-lactam (4-membered cyclic amide) rings is 1. The van der Waals surface area contributed by atoms with Crippen LogP contribution in [0.1, 0.15) is 37.3 Å². The zero-order chi connectivity index (χ0) is 36.4. The number of carbonyl (C=O) groups excluding carboxylic acids is 2. The highest BCUT2D eigenvalue weighted by molar-refractivity contribution is 8.00. The number of pyridine rings is 1. The number of carbonyl (C=O) groups is 4. The number of hydrogen-bond acceptors (Lipinski definition) is 9. The number of fused-ring (bicyclic) bond motifs is 3. The van der Waals surface area contributed by atoms with Gasteiger partial charge in [0.15, 0.2) is 5.75 Å². The highest BCUT2D eigenvalue weighted by Gasteiger charge is 2.54. The van der Waals surface area contributed by atoms with Crippen molar-refractivity contribution in [3.8, 4) is 5.75 Å². The van der Waals surface area contributed by atoms with E-state index in [1.165, 1.54) is 22.9 Å². The molecule has 4 atom stereocenters. The molecule has 0 unspecified atom stereocenters. The number of carboxylic acids is 1. The molecule has 3 saturated heterocycles. The van der Waals surface area contributed by atoms with E-state index in [1.807, 2.05) is 35.2 Å². The molecular formula is C36H35ClFN5O8S. The summed E-state index contributed by atoms with van der Waals surface area (Å²) in [4.78, 5) is 68.5. The molecule has 3 N–H and O–H groups in total. The summed E-state index contributed by atoms with van der Waals surface area (Å²) < 4.78 is 22.4. The van der Waals surface area contributed by atoms with Crippen LogP contribution in [0.3, 0.4) is 0 Å². The molecule has 8 rings (SSSR count). The Labute approximate surface area is 305 Å². The fourth-order valence-corrected chi connectivity index (χ4v) is 9.96. The summed E-state index contributed by atoms with van der Waals surface area (Å²) in [6.07, 6.45) is 3.10. The molecule has 52 heavy (non-hydrogen) atoms. The van der Waals surface area contributed by atoms with Crippen molar-refractivity contribution in [2.75, 3.05) is 36.8 Å². The summed E-state index contributed by atoms with van der Waals surface area (Å²) in [5, 5.41) is 21.8. The Morgan fingerprint density at radius 2 is 1.85 bits per heavy atom. The van der Waals surface area contributed by atoms with Crippen LogP contribution in [0.5, 0.6) is 5.75 Å². The Kier molecular flexibility index (Phi) is 8.90. The van der Waals surface area contributed by atoms with Crippen LogP contribution in [0.2, 0.25) is 5.02 Å². The lowest BCUT2D eigenvalue weighted by atomic mass is 9.91. The Hall–Kier alpha value is -4.60. The van der Waals surface area contributed by atoms with Crippen molar-refractivity contribution in [1.82, 2.24) is 19.7 Å². The predicted molar refractivity (Wildman–Crippen MR) is 190 cm³/mol. The fourth-order valence-electron chi connectivity index (χ4n) is 8.21. The molecule has 2 amide bonds. The number of halogens is 2. The van der Waals surface area contributed by atoms with E-state index in [9.17, 15) is 29.1 Å². The number of anilines is 1. The first-order valence-corrected chi connectivity index (χ1v) is 18.6. The van der Waals surface area contributed by atoms with E-state index >= 15 is 4.39 Å². The molecule has 16 heteroatoms. The van der Waals surface area contributed by atoms with Crippen LogP contribution < -0.4 is 20.4 Å². The molecule has 1 aromatic heterocycles. The highest BCUT2D eigenvalue weighted by Crippen LogP contribution is 2.45. The van der Waals surface area contributed by atoms with Gasteiger partial charge in [-0.05, 0) is 55.3 Å². The van der Waals surface area contributed by atoms with Crippen molar-refractivity contribution < 1.29 is 38.5 Å². The average Bonchev–Trinajstić information content (AvgIpc) is 3.87. The van der Waals surface area contributed by atoms with Gasteiger partial charge < -0.3 is 29.7 Å². The molecule has 3 aromatic rings. The van der Waals surface area contributed by atoms with Crippen LogP contribution in [0.25, 0.3) is 10.9 Å². The summed E-state index contributed by atoms with van der Waals surface area (Å²) >= 11 is 8.39. The van der Waals surface area contributed by atoms with E-state index in [-0.39, 0.29) is 52.1 Å². The van der Waals surface area contributed by atoms with Crippen LogP contribution in [-0.4, -0.2) is 97.9 Å². The van der Waals surface area contributed by atoms with Crippen molar-refractivity contribution >= 4 is 63.9 Å². The molecule has 2 aromatic carbocycles. The second kappa shape index (κ2) is 13.4. The third-order valence-electron chi connectivity index (χ3n) is 10.7. The fraction of sp³-hybridized carbons (Fsp3) is 0.417. The molecule has 5 aliphatic rings. The first kappa shape index (κ1) is 34.5. The van der Waals surface area contributed by atoms with E-state index in [2.05, 4.69) is 10.2 Å². The standard InChI is InChI=1S/C36H35ClFN5O8S/c37-27-30-22(32(45)25(51-36(49)50)16-42(30)21-8-9-21)12-23(38)31(27)41-13-19-7-4-10-40(24(19)15-41)14-20-17-52-34-28(33(46)43(34)29(20)35(47)48)39-26(44)11-18-5-2-1-3-6-18/h1-3,5-6,12,16,19,21,24,28,34H,4,7-11,13-15,17H2,(H,39,44)(H,47,48)(H,49,50)/t19-,24+,28+,34+/m0/s1. The number of nitrogens with one attached hydrogen (secondary N) is 1. The number of thioether (sulfide) groups is 1. The van der Waals surface area contributed by atoms with Crippen LogP contribution in [-0.2, 0) is 20.8 Å². The second-order valence-corrected chi connectivity index (χ2v) is 15.4. The SMILES string of the molecule is O=C(Cc1ccccc1)N[C@@H]1C(=O)N2C(C(=O)O)=C(CN3CCC[C@H]4CN(c5c(F)cc6c(=O)c(OC(=O)O)cn(C7CC7)c6c5Cl)C[C@H]43)CS[C@H]12. The maximum absolute atomic E-state index is 16.0. The Bertz CT molecular complexity index is 2110. The highest BCUT2D eigenvalue weighted by atomic mass is 35.5. The number of amides is 2. The lowest BCUT2D eigenvalue weighted by Crippen LogP contribution is -2.70. The molecule has 0 spiro atoms. The minimum atomic E-state index is -1.65. The molecule has 4 fully saturated rings. The number of aliphatic carboxylic acids is 1. The zero-order valence-electron chi connectivity index (χ0n) is 27.8. The molecule has 4 aliphatic heterocycles. The summed E-state index contributed by atoms with van der Waals surface area (Å²) in [6.45, 7) is 1.90. The topological polar surface area (TPSA) is 162 Å². The number of benzene rings is 2. The first-order chi connectivity index (χ1) is 25.0. The molecular weight excluding hydrogens is 717 g/mol. The number of likely N-dealkylation sites (tertiary alicyclic amines) is 1. The van der Waals surface area contributed by atoms with Gasteiger partial charge in [0.05, 0.1) is 34.2 Å². The number of aromatic nitrogens is 1. The van der Waals surface area contributed by atoms with Crippen molar-refractivity contribution in [1.29, 1.82) is 0 Å². The van der Waals surface area contributed by atoms with Gasteiger partial charge >= 0.3 is 12.1 Å². The summed E-state index contributed by atoms with van der Waals surface area (Å²) in [6, 6.07) is 9.37. The molecule has 13 nitrogen and oxygen atoms in total. The third-order valence-corrected chi connectivity index (χ3v) is 12.4. The Balaban J connectivity index is 1.02. The van der Waals surface area contributed by atoms with E-state index < -0.39 is 46.4 Å². The third kappa shape index (κ3) is 6.07. The van der Waals surface area contributed by atoms with Crippen molar-refractivity contribution in [3.05, 3.63) is 80.5 Å². The van der Waals surface area contributed by atoms with E-state index in [1.54, 1.807) is 4.57 Å². The largest absolute Gasteiger partial charge is 0.511 e. The summed E-state index contributed by atoms with van der Waals surface area (Å²) in [5.74, 6) is -2.58. The number of piperidine rings is 1. The molecule has 1 saturated carbocycles. The minimum Gasteiger partial charge on any atom is -0.477 e. The van der Waals surface area contributed by atoms with Gasteiger partial charge in [0.2, 0.25) is 11.3 Å². The van der Waals surface area contributed by atoms with Crippen molar-refractivity contribution in [2.45, 2.75) is 55.6 Å². The summed E-state index contributed by atoms with van der Waals surface area (Å²) in [7, 11) is 0. The Morgan fingerprint density at radius 3 is 2.56 bits per heavy atom. The maximum atomic E-state index is 16.0. The number of carboxylic acid groups (broad SMARTS) is 2. The van der Waals surface area contributed by atoms with Gasteiger partial charge in [0.25, 0.3) is 5.91 Å². The zero-order valence-corrected chi connectivity index (χ0v) is 29.4. The smallest absolute Gasteiger partial charge is 0.477 e. The number of ether oxygens (including phenoxy) is 1. The van der Waals surface area contributed by atoms with Crippen LogP contribution in [0, 0.1) is 11.7 Å². The van der Waals surface area contributed by atoms with E-state index in [4.69, 9.17) is 21.4 Å².